The van der Waals surface area contributed by atoms with E-state index in [0.29, 0.717) is 47.8 Å². The third kappa shape index (κ3) is 4.76. The summed E-state index contributed by atoms with van der Waals surface area (Å²) in [7, 11) is 0. The molecule has 6 rings (SSSR count). The van der Waals surface area contributed by atoms with Crippen molar-refractivity contribution in [3.63, 3.8) is 0 Å². The fraction of sp³-hybridized carbons (Fsp3) is 0.414. The van der Waals surface area contributed by atoms with Crippen LogP contribution in [-0.2, 0) is 14.3 Å². The summed E-state index contributed by atoms with van der Waals surface area (Å²) >= 11 is 1.73. The minimum atomic E-state index is -0.675. The van der Waals surface area contributed by atoms with Crippen LogP contribution in [0.25, 0.3) is 5.69 Å². The number of hydrogen-bond acceptors (Lipinski definition) is 7. The van der Waals surface area contributed by atoms with Gasteiger partial charge in [-0.15, -0.1) is 16.8 Å². The van der Waals surface area contributed by atoms with Crippen LogP contribution in [0.2, 0.25) is 0 Å². The van der Waals surface area contributed by atoms with Crippen LogP contribution in [0.4, 0.5) is 10.2 Å². The SMILES string of the molecule is CC(C)(C)OC(=O)C1=C(C(=O)N2CCSC2)C[N@+]2(N3CCN(c4ccnn4-c4ccc(F)cc4)CC3)C=CC=C12. The number of allylic oxidation sites excluding steroid dienone is 2. The number of carbonyl (C=O) groups is 2. The van der Waals surface area contributed by atoms with E-state index in [0.717, 1.165) is 36.0 Å². The second-order valence-electron chi connectivity index (χ2n) is 11.4. The Balaban J connectivity index is 1.25. The van der Waals surface area contributed by atoms with Gasteiger partial charge in [-0.25, -0.2) is 13.9 Å². The van der Waals surface area contributed by atoms with Crippen molar-refractivity contribution in [2.75, 3.05) is 55.8 Å². The van der Waals surface area contributed by atoms with Gasteiger partial charge in [-0.05, 0) is 51.1 Å². The highest BCUT2D eigenvalue weighted by atomic mass is 32.2. The number of halogens is 1. The van der Waals surface area contributed by atoms with E-state index in [9.17, 15) is 14.0 Å². The van der Waals surface area contributed by atoms with Gasteiger partial charge in [0, 0.05) is 37.5 Å². The van der Waals surface area contributed by atoms with Crippen molar-refractivity contribution in [2.24, 2.45) is 0 Å². The van der Waals surface area contributed by atoms with E-state index in [2.05, 4.69) is 21.2 Å². The molecule has 11 heteroatoms. The van der Waals surface area contributed by atoms with E-state index in [1.807, 2.05) is 48.6 Å². The summed E-state index contributed by atoms with van der Waals surface area (Å²) in [5, 5.41) is 6.81. The molecule has 0 unspecified atom stereocenters. The number of thioether (sulfide) groups is 1. The van der Waals surface area contributed by atoms with Gasteiger partial charge < -0.3 is 14.5 Å². The maximum absolute atomic E-state index is 13.7. The molecule has 1 aromatic carbocycles. The summed E-state index contributed by atoms with van der Waals surface area (Å²) in [5.74, 6) is 1.68. The number of anilines is 1. The summed E-state index contributed by atoms with van der Waals surface area (Å²) < 4.78 is 21.5. The summed E-state index contributed by atoms with van der Waals surface area (Å²) in [4.78, 5) is 31.4. The molecule has 0 radical (unpaired) electrons. The first-order valence-electron chi connectivity index (χ1n) is 13.6. The molecule has 0 saturated carbocycles. The molecule has 1 aromatic heterocycles. The number of carbonyl (C=O) groups excluding carboxylic acids is 2. The predicted molar refractivity (Wildman–Crippen MR) is 152 cm³/mol. The summed E-state index contributed by atoms with van der Waals surface area (Å²) in [6.07, 6.45) is 7.76. The van der Waals surface area contributed by atoms with Crippen molar-refractivity contribution in [1.82, 2.24) is 19.7 Å². The molecule has 9 nitrogen and oxygen atoms in total. The molecule has 0 bridgehead atoms. The fourth-order valence-electron chi connectivity index (χ4n) is 5.82. The molecule has 4 aliphatic heterocycles. The van der Waals surface area contributed by atoms with Gasteiger partial charge in [0.25, 0.3) is 5.91 Å². The molecule has 210 valence electrons. The zero-order valence-electron chi connectivity index (χ0n) is 23.0. The van der Waals surface area contributed by atoms with Crippen LogP contribution in [-0.4, -0.2) is 92.7 Å². The Kier molecular flexibility index (Phi) is 6.84. The fourth-order valence-corrected chi connectivity index (χ4v) is 6.76. The average molecular weight is 566 g/mol. The number of amides is 1. The van der Waals surface area contributed by atoms with Gasteiger partial charge in [0.2, 0.25) is 0 Å². The number of rotatable bonds is 5. The zero-order valence-corrected chi connectivity index (χ0v) is 23.9. The van der Waals surface area contributed by atoms with Crippen LogP contribution in [0.3, 0.4) is 0 Å². The smallest absolute Gasteiger partial charge is 0.345 e. The highest BCUT2D eigenvalue weighted by Crippen LogP contribution is 2.44. The molecule has 40 heavy (non-hydrogen) atoms. The van der Waals surface area contributed by atoms with Crippen molar-refractivity contribution < 1.29 is 23.3 Å². The number of nitrogens with zero attached hydrogens (tertiary/aromatic N) is 6. The highest BCUT2D eigenvalue weighted by Gasteiger charge is 2.54. The summed E-state index contributed by atoms with van der Waals surface area (Å²) in [5.41, 5.74) is 1.86. The van der Waals surface area contributed by atoms with Crippen molar-refractivity contribution >= 4 is 29.5 Å². The van der Waals surface area contributed by atoms with Crippen molar-refractivity contribution in [1.29, 1.82) is 0 Å². The first kappa shape index (κ1) is 26.8. The summed E-state index contributed by atoms with van der Waals surface area (Å²) in [6, 6.07) is 8.28. The number of benzene rings is 1. The maximum Gasteiger partial charge on any atom is 0.345 e. The lowest BCUT2D eigenvalue weighted by atomic mass is 10.1. The normalized spacial score (nSPS) is 23.1. The maximum atomic E-state index is 13.7. The Morgan fingerprint density at radius 2 is 1.80 bits per heavy atom. The van der Waals surface area contributed by atoms with E-state index in [4.69, 9.17) is 4.74 Å². The molecule has 2 saturated heterocycles. The Bertz CT molecular complexity index is 1410. The van der Waals surface area contributed by atoms with Crippen LogP contribution >= 0.6 is 11.8 Å². The van der Waals surface area contributed by atoms with Crippen LogP contribution in [0, 0.1) is 5.82 Å². The third-order valence-electron chi connectivity index (χ3n) is 7.64. The molecular weight excluding hydrogens is 531 g/mol. The molecule has 0 aliphatic carbocycles. The lowest BCUT2D eigenvalue weighted by Gasteiger charge is -2.44. The van der Waals surface area contributed by atoms with Crippen molar-refractivity contribution in [3.05, 3.63) is 77.5 Å². The first-order valence-corrected chi connectivity index (χ1v) is 14.7. The molecule has 0 N–H and O–H groups in total. The average Bonchev–Trinajstić information content (AvgIpc) is 3.72. The number of esters is 1. The molecule has 0 spiro atoms. The van der Waals surface area contributed by atoms with Gasteiger partial charge in [0.05, 0.1) is 36.4 Å². The molecule has 1 atom stereocenters. The van der Waals surface area contributed by atoms with Crippen molar-refractivity contribution in [2.45, 2.75) is 26.4 Å². The quantitative estimate of drug-likeness (QED) is 0.406. The van der Waals surface area contributed by atoms with Gasteiger partial charge in [-0.1, -0.05) is 0 Å². The number of piperazine rings is 1. The second-order valence-corrected chi connectivity index (χ2v) is 12.4. The van der Waals surface area contributed by atoms with Gasteiger partial charge in [0.1, 0.15) is 35.6 Å². The number of fused-ring (bicyclic) bond motifs is 1. The van der Waals surface area contributed by atoms with E-state index in [1.165, 1.54) is 12.1 Å². The Labute approximate surface area is 237 Å². The minimum Gasteiger partial charge on any atom is -0.456 e. The zero-order chi connectivity index (χ0) is 28.1. The monoisotopic (exact) mass is 565 g/mol. The lowest BCUT2D eigenvalue weighted by Crippen LogP contribution is -2.61. The van der Waals surface area contributed by atoms with Gasteiger partial charge in [-0.3, -0.25) is 4.79 Å². The lowest BCUT2D eigenvalue weighted by molar-refractivity contribution is -0.948. The topological polar surface area (TPSA) is 70.9 Å². The van der Waals surface area contributed by atoms with Crippen molar-refractivity contribution in [3.8, 4) is 5.69 Å². The Morgan fingerprint density at radius 3 is 2.48 bits per heavy atom. The van der Waals surface area contributed by atoms with E-state index < -0.39 is 11.6 Å². The summed E-state index contributed by atoms with van der Waals surface area (Å²) in [6.45, 7) is 9.48. The van der Waals surface area contributed by atoms with E-state index >= 15 is 0 Å². The van der Waals surface area contributed by atoms with Gasteiger partial charge in [0.15, 0.2) is 5.70 Å². The second kappa shape index (κ2) is 10.2. The largest absolute Gasteiger partial charge is 0.456 e. The molecule has 2 fully saturated rings. The van der Waals surface area contributed by atoms with Crippen LogP contribution in [0.1, 0.15) is 20.8 Å². The minimum absolute atomic E-state index is 0.0751. The first-order chi connectivity index (χ1) is 19.2. The van der Waals surface area contributed by atoms with Gasteiger partial charge >= 0.3 is 5.97 Å². The van der Waals surface area contributed by atoms with Gasteiger partial charge in [-0.2, -0.15) is 9.69 Å². The van der Waals surface area contributed by atoms with Crippen LogP contribution < -0.4 is 4.90 Å². The van der Waals surface area contributed by atoms with Crippen LogP contribution in [0.5, 0.6) is 0 Å². The molecular formula is C29H34FN6O3S+. The van der Waals surface area contributed by atoms with Crippen LogP contribution in [0.15, 0.2) is 71.7 Å². The molecule has 2 aromatic rings. The third-order valence-corrected chi connectivity index (χ3v) is 8.61. The number of hydrogen-bond donors (Lipinski definition) is 0. The molecule has 4 aliphatic rings. The van der Waals surface area contributed by atoms with E-state index in [-0.39, 0.29) is 11.7 Å². The van der Waals surface area contributed by atoms with E-state index in [1.54, 1.807) is 30.1 Å². The Hall–Kier alpha value is -3.41. The standard InChI is InChI=1S/C29H34FN6O3S/c1-29(2,3)39-28(38)26-23(27(37)33-16-18-40-20-33)19-36(17-4-5-24(26)36)34-14-12-32(13-15-34)25-10-11-31-35(25)22-8-6-21(30)7-9-22/h4-11,17H,12-16,18-20H2,1-3H3/q+1/t36-/m1/s1. The number of aromatic nitrogens is 2. The molecule has 5 heterocycles. The Morgan fingerprint density at radius 1 is 1.05 bits per heavy atom. The number of ether oxygens (including phenoxy) is 1. The number of quaternary nitrogens is 1. The highest BCUT2D eigenvalue weighted by molar-refractivity contribution is 7.99. The predicted octanol–water partition coefficient (Wildman–Crippen LogP) is 3.46. The molecule has 1 amide bonds.